The van der Waals surface area contributed by atoms with Crippen molar-refractivity contribution in [1.29, 1.82) is 0 Å². The molecule has 0 radical (unpaired) electrons. The van der Waals surface area contributed by atoms with Gasteiger partial charge >= 0.3 is 5.97 Å². The summed E-state index contributed by atoms with van der Waals surface area (Å²) in [7, 11) is 0. The number of rotatable bonds is 8. The minimum absolute atomic E-state index is 0.0933. The van der Waals surface area contributed by atoms with Crippen molar-refractivity contribution >= 4 is 11.9 Å². The molecule has 0 spiro atoms. The minimum atomic E-state index is -1.63. The van der Waals surface area contributed by atoms with Gasteiger partial charge in [0.05, 0.1) is 18.5 Å². The molecule has 0 fully saturated rings. The summed E-state index contributed by atoms with van der Waals surface area (Å²) in [5, 5.41) is 15.2. The van der Waals surface area contributed by atoms with Gasteiger partial charge in [0, 0.05) is 0 Å². The maximum Gasteiger partial charge on any atom is 0.328 e. The van der Waals surface area contributed by atoms with Gasteiger partial charge in [-0.2, -0.15) is 5.10 Å². The summed E-state index contributed by atoms with van der Waals surface area (Å²) in [6, 6.07) is 7.43. The molecular formula is C17H20FN3O4. The van der Waals surface area contributed by atoms with Gasteiger partial charge in [0.1, 0.15) is 6.67 Å². The number of nitrogens with one attached hydrogen (secondary N) is 1. The van der Waals surface area contributed by atoms with Crippen molar-refractivity contribution in [3.63, 3.8) is 0 Å². The first kappa shape index (κ1) is 18.4. The SMILES string of the molecule is CC(C)COc1cn(-c2ccccc2)nc1C(=O)NC(CF)C(=O)O. The third kappa shape index (κ3) is 4.79. The molecule has 7 nitrogen and oxygen atoms in total. The Kier molecular flexibility index (Phi) is 6.10. The zero-order valence-corrected chi connectivity index (χ0v) is 14.0. The Morgan fingerprint density at radius 2 is 2.00 bits per heavy atom. The number of benzene rings is 1. The number of ether oxygens (including phenoxy) is 1. The zero-order valence-electron chi connectivity index (χ0n) is 14.0. The summed E-state index contributed by atoms with van der Waals surface area (Å²) < 4.78 is 19.8. The smallest absolute Gasteiger partial charge is 0.328 e. The van der Waals surface area contributed by atoms with Crippen molar-refractivity contribution in [2.24, 2.45) is 5.92 Å². The third-order valence-corrected chi connectivity index (χ3v) is 3.25. The van der Waals surface area contributed by atoms with Crippen molar-refractivity contribution < 1.29 is 23.8 Å². The molecule has 1 aromatic carbocycles. The molecule has 0 aliphatic heterocycles. The highest BCUT2D eigenvalue weighted by Gasteiger charge is 2.25. The van der Waals surface area contributed by atoms with Gasteiger partial charge in [0.2, 0.25) is 0 Å². The molecule has 1 heterocycles. The first-order chi connectivity index (χ1) is 11.9. The van der Waals surface area contributed by atoms with Crippen molar-refractivity contribution in [2.45, 2.75) is 19.9 Å². The number of hydrogen-bond donors (Lipinski definition) is 2. The number of hydrogen-bond acceptors (Lipinski definition) is 4. The fourth-order valence-electron chi connectivity index (χ4n) is 1.98. The number of carbonyl (C=O) groups excluding carboxylic acids is 1. The van der Waals surface area contributed by atoms with Gasteiger partial charge < -0.3 is 15.2 Å². The number of nitrogens with zero attached hydrogens (tertiary/aromatic N) is 2. The Labute approximate surface area is 144 Å². The van der Waals surface area contributed by atoms with Gasteiger partial charge in [-0.15, -0.1) is 0 Å². The van der Waals surface area contributed by atoms with E-state index in [-0.39, 0.29) is 17.4 Å². The zero-order chi connectivity index (χ0) is 18.4. The molecule has 0 saturated carbocycles. The highest BCUT2D eigenvalue weighted by atomic mass is 19.1. The van der Waals surface area contributed by atoms with E-state index in [0.29, 0.717) is 12.3 Å². The Hall–Kier alpha value is -2.90. The van der Waals surface area contributed by atoms with Crippen molar-refractivity contribution in [2.75, 3.05) is 13.3 Å². The van der Waals surface area contributed by atoms with Crippen LogP contribution >= 0.6 is 0 Å². The lowest BCUT2D eigenvalue weighted by molar-refractivity contribution is -0.139. The molecule has 2 aromatic rings. The van der Waals surface area contributed by atoms with E-state index in [1.165, 1.54) is 10.9 Å². The van der Waals surface area contributed by atoms with E-state index in [1.807, 2.05) is 32.0 Å². The van der Waals surface area contributed by atoms with Crippen LogP contribution in [0, 0.1) is 5.92 Å². The quantitative estimate of drug-likeness (QED) is 0.761. The molecule has 1 aromatic heterocycles. The summed E-state index contributed by atoms with van der Waals surface area (Å²) in [6.07, 6.45) is 1.54. The van der Waals surface area contributed by atoms with Crippen molar-refractivity contribution in [1.82, 2.24) is 15.1 Å². The second-order valence-electron chi connectivity index (χ2n) is 5.85. The number of alkyl halides is 1. The van der Waals surface area contributed by atoms with Gasteiger partial charge in [-0.25, -0.2) is 13.9 Å². The van der Waals surface area contributed by atoms with Crippen LogP contribution in [0.4, 0.5) is 4.39 Å². The van der Waals surface area contributed by atoms with E-state index >= 15 is 0 Å². The summed E-state index contributed by atoms with van der Waals surface area (Å²) in [4.78, 5) is 23.2. The van der Waals surface area contributed by atoms with Crippen LogP contribution < -0.4 is 10.1 Å². The van der Waals surface area contributed by atoms with Gasteiger partial charge in [-0.05, 0) is 18.1 Å². The lowest BCUT2D eigenvalue weighted by atomic mass is 10.2. The number of carboxylic acids is 1. The highest BCUT2D eigenvalue weighted by molar-refractivity contribution is 5.97. The normalized spacial score (nSPS) is 12.0. The van der Waals surface area contributed by atoms with Gasteiger partial charge in [-0.1, -0.05) is 32.0 Å². The summed E-state index contributed by atoms with van der Waals surface area (Å²) >= 11 is 0. The molecular weight excluding hydrogens is 329 g/mol. The predicted octanol–water partition coefficient (Wildman–Crippen LogP) is 2.06. The number of aromatic nitrogens is 2. The molecule has 0 bridgehead atoms. The lowest BCUT2D eigenvalue weighted by Gasteiger charge is -2.11. The second-order valence-corrected chi connectivity index (χ2v) is 5.85. The Bertz CT molecular complexity index is 731. The van der Waals surface area contributed by atoms with Crippen molar-refractivity contribution in [3.05, 3.63) is 42.2 Å². The first-order valence-corrected chi connectivity index (χ1v) is 7.80. The predicted molar refractivity (Wildman–Crippen MR) is 88.8 cm³/mol. The van der Waals surface area contributed by atoms with Crippen LogP contribution in [0.25, 0.3) is 5.69 Å². The van der Waals surface area contributed by atoms with Crippen LogP contribution in [0.15, 0.2) is 36.5 Å². The maximum absolute atomic E-state index is 12.8. The summed E-state index contributed by atoms with van der Waals surface area (Å²) in [5.74, 6) is -1.84. The van der Waals surface area contributed by atoms with Crippen molar-refractivity contribution in [3.8, 4) is 11.4 Å². The number of halogens is 1. The minimum Gasteiger partial charge on any atom is -0.489 e. The number of carbonyl (C=O) groups is 2. The molecule has 1 amide bonds. The average Bonchev–Trinajstić information content (AvgIpc) is 3.02. The number of aliphatic carboxylic acids is 1. The summed E-state index contributed by atoms with van der Waals surface area (Å²) in [6.45, 7) is 3.03. The summed E-state index contributed by atoms with van der Waals surface area (Å²) in [5.41, 5.74) is 0.612. The Morgan fingerprint density at radius 1 is 1.32 bits per heavy atom. The van der Waals surface area contributed by atoms with Crippen LogP contribution in [0.2, 0.25) is 0 Å². The fraction of sp³-hybridized carbons (Fsp3) is 0.353. The molecule has 1 atom stereocenters. The van der Waals surface area contributed by atoms with E-state index in [9.17, 15) is 14.0 Å². The Balaban J connectivity index is 2.31. The average molecular weight is 349 g/mol. The standard InChI is InChI=1S/C17H20FN3O4/c1-11(2)10-25-14-9-21(12-6-4-3-5-7-12)20-15(14)16(22)19-13(8-18)17(23)24/h3-7,9,11,13H,8,10H2,1-2H3,(H,19,22)(H,23,24). The molecule has 2 N–H and O–H groups in total. The van der Waals surface area contributed by atoms with E-state index in [1.54, 1.807) is 12.1 Å². The monoisotopic (exact) mass is 349 g/mol. The van der Waals surface area contributed by atoms with Crippen LogP contribution in [0.3, 0.4) is 0 Å². The third-order valence-electron chi connectivity index (χ3n) is 3.25. The molecule has 2 rings (SSSR count). The van der Waals surface area contributed by atoms with Crippen LogP contribution in [0.5, 0.6) is 5.75 Å². The van der Waals surface area contributed by atoms with E-state index < -0.39 is 24.6 Å². The number of para-hydroxylation sites is 1. The molecule has 0 saturated heterocycles. The van der Waals surface area contributed by atoms with E-state index in [4.69, 9.17) is 9.84 Å². The van der Waals surface area contributed by atoms with Gasteiger partial charge in [0.15, 0.2) is 17.5 Å². The maximum atomic E-state index is 12.8. The lowest BCUT2D eigenvalue weighted by Crippen LogP contribution is -2.42. The molecule has 0 aliphatic carbocycles. The number of carboxylic acid groups (broad SMARTS) is 1. The van der Waals surface area contributed by atoms with Gasteiger partial charge in [-0.3, -0.25) is 4.79 Å². The highest BCUT2D eigenvalue weighted by Crippen LogP contribution is 2.21. The van der Waals surface area contributed by atoms with Crippen LogP contribution in [-0.4, -0.2) is 46.1 Å². The largest absolute Gasteiger partial charge is 0.489 e. The molecule has 25 heavy (non-hydrogen) atoms. The van der Waals surface area contributed by atoms with Gasteiger partial charge in [0.25, 0.3) is 5.91 Å². The van der Waals surface area contributed by atoms with Crippen LogP contribution in [0.1, 0.15) is 24.3 Å². The number of amides is 1. The van der Waals surface area contributed by atoms with Crippen LogP contribution in [-0.2, 0) is 4.79 Å². The molecule has 1 unspecified atom stereocenters. The molecule has 8 heteroatoms. The van der Waals surface area contributed by atoms with E-state index in [0.717, 1.165) is 0 Å². The molecule has 0 aliphatic rings. The molecule has 134 valence electrons. The second kappa shape index (κ2) is 8.27. The van der Waals surface area contributed by atoms with E-state index in [2.05, 4.69) is 10.4 Å². The fourth-order valence-corrected chi connectivity index (χ4v) is 1.98. The Morgan fingerprint density at radius 3 is 2.56 bits per heavy atom. The first-order valence-electron chi connectivity index (χ1n) is 7.80. The topological polar surface area (TPSA) is 93.5 Å².